The van der Waals surface area contributed by atoms with Gasteiger partial charge in [-0.2, -0.15) is 4.31 Å². The smallest absolute Gasteiger partial charge is 0.251 e. The Morgan fingerprint density at radius 2 is 1.79 bits per heavy atom. The molecule has 0 spiro atoms. The first-order chi connectivity index (χ1) is 13.8. The molecule has 3 aromatic rings. The summed E-state index contributed by atoms with van der Waals surface area (Å²) in [5, 5.41) is 2.89. The van der Waals surface area contributed by atoms with Gasteiger partial charge in [0, 0.05) is 24.2 Å². The Morgan fingerprint density at radius 1 is 1.07 bits per heavy atom. The molecule has 9 heteroatoms. The van der Waals surface area contributed by atoms with Crippen molar-refractivity contribution in [3.8, 4) is 0 Å². The third-order valence-corrected chi connectivity index (χ3v) is 6.73. The highest BCUT2D eigenvalue weighted by Crippen LogP contribution is 2.29. The van der Waals surface area contributed by atoms with Crippen molar-refractivity contribution in [1.82, 2.24) is 9.62 Å². The summed E-state index contributed by atoms with van der Waals surface area (Å²) in [7, 11) is -2.44. The molecule has 0 saturated heterocycles. The van der Waals surface area contributed by atoms with E-state index < -0.39 is 10.0 Å². The normalized spacial score (nSPS) is 11.6. The summed E-state index contributed by atoms with van der Waals surface area (Å²) < 4.78 is 33.3. The first kappa shape index (κ1) is 21.4. The highest BCUT2D eigenvalue weighted by Gasteiger charge is 2.28. The second-order valence-corrected chi connectivity index (χ2v) is 8.95. The Kier molecular flexibility index (Phi) is 6.64. The van der Waals surface area contributed by atoms with Crippen molar-refractivity contribution in [3.05, 3.63) is 87.8 Å². The summed E-state index contributed by atoms with van der Waals surface area (Å²) in [6, 6.07) is 14.3. The predicted octanol–water partition coefficient (Wildman–Crippen LogP) is 4.34. The van der Waals surface area contributed by atoms with Crippen LogP contribution in [-0.2, 0) is 23.1 Å². The fourth-order valence-corrected chi connectivity index (χ4v) is 4.86. The number of carbonyl (C=O) groups excluding carboxylic acids is 1. The molecule has 6 nitrogen and oxygen atoms in total. The van der Waals surface area contributed by atoms with Crippen molar-refractivity contribution in [2.45, 2.75) is 18.0 Å². The van der Waals surface area contributed by atoms with Crippen LogP contribution in [0.2, 0.25) is 10.0 Å². The van der Waals surface area contributed by atoms with Crippen LogP contribution in [0.15, 0.2) is 70.2 Å². The van der Waals surface area contributed by atoms with Gasteiger partial charge < -0.3 is 9.73 Å². The molecular formula is C20H18Cl2N2O4S. The summed E-state index contributed by atoms with van der Waals surface area (Å²) in [6.07, 6.45) is 1.48. The molecule has 0 atom stereocenters. The van der Waals surface area contributed by atoms with Gasteiger partial charge in [0.25, 0.3) is 5.91 Å². The number of amides is 1. The van der Waals surface area contributed by atoms with Crippen LogP contribution in [0.4, 0.5) is 0 Å². The highest BCUT2D eigenvalue weighted by molar-refractivity contribution is 7.89. The predicted molar refractivity (Wildman–Crippen MR) is 111 cm³/mol. The van der Waals surface area contributed by atoms with Gasteiger partial charge in [0.1, 0.15) is 10.7 Å². The Morgan fingerprint density at radius 3 is 2.41 bits per heavy atom. The van der Waals surface area contributed by atoms with Crippen molar-refractivity contribution >= 4 is 39.1 Å². The lowest BCUT2D eigenvalue weighted by Crippen LogP contribution is -2.30. The van der Waals surface area contributed by atoms with E-state index in [0.717, 1.165) is 0 Å². The van der Waals surface area contributed by atoms with Gasteiger partial charge in [0.2, 0.25) is 10.0 Å². The molecule has 1 N–H and O–H groups in total. The van der Waals surface area contributed by atoms with Gasteiger partial charge in [-0.3, -0.25) is 4.79 Å². The van der Waals surface area contributed by atoms with E-state index >= 15 is 0 Å². The van der Waals surface area contributed by atoms with E-state index in [4.69, 9.17) is 27.6 Å². The summed E-state index contributed by atoms with van der Waals surface area (Å²) in [5.41, 5.74) is 1.18. The molecule has 0 unspecified atom stereocenters. The number of carbonyl (C=O) groups is 1. The molecule has 0 aliphatic heterocycles. The van der Waals surface area contributed by atoms with Crippen LogP contribution in [0, 0.1) is 0 Å². The number of rotatable bonds is 7. The maximum atomic E-state index is 13.3. The van der Waals surface area contributed by atoms with E-state index in [-0.39, 0.29) is 33.9 Å². The van der Waals surface area contributed by atoms with E-state index in [9.17, 15) is 13.2 Å². The number of sulfonamides is 1. The maximum absolute atomic E-state index is 13.3. The largest absolute Gasteiger partial charge is 0.468 e. The van der Waals surface area contributed by atoms with Gasteiger partial charge >= 0.3 is 0 Å². The third kappa shape index (κ3) is 5.00. The van der Waals surface area contributed by atoms with Crippen LogP contribution in [0.25, 0.3) is 0 Å². The quantitative estimate of drug-likeness (QED) is 0.578. The molecule has 0 radical (unpaired) electrons. The van der Waals surface area contributed by atoms with E-state index in [1.807, 2.05) is 0 Å². The van der Waals surface area contributed by atoms with E-state index in [2.05, 4.69) is 5.32 Å². The number of furan rings is 1. The minimum Gasteiger partial charge on any atom is -0.468 e. The first-order valence-electron chi connectivity index (χ1n) is 8.60. The van der Waals surface area contributed by atoms with E-state index in [1.54, 1.807) is 43.4 Å². The fourth-order valence-electron chi connectivity index (χ4n) is 2.73. The lowest BCUT2D eigenvalue weighted by molar-refractivity contribution is 0.0963. The Balaban J connectivity index is 1.96. The third-order valence-electron chi connectivity index (χ3n) is 4.23. The molecule has 29 heavy (non-hydrogen) atoms. The average Bonchev–Trinajstić information content (AvgIpc) is 3.22. The molecule has 2 aromatic carbocycles. The molecule has 152 valence electrons. The summed E-state index contributed by atoms with van der Waals surface area (Å²) in [5.74, 6) is 0.260. The topological polar surface area (TPSA) is 79.6 Å². The minimum absolute atomic E-state index is 0.00930. The van der Waals surface area contributed by atoms with E-state index in [1.165, 1.54) is 28.8 Å². The van der Waals surface area contributed by atoms with Gasteiger partial charge in [0.05, 0.1) is 17.8 Å². The monoisotopic (exact) mass is 452 g/mol. The second-order valence-electron chi connectivity index (χ2n) is 6.20. The first-order valence-corrected chi connectivity index (χ1v) is 10.8. The van der Waals surface area contributed by atoms with Gasteiger partial charge in [0.15, 0.2) is 0 Å². The van der Waals surface area contributed by atoms with Crippen molar-refractivity contribution < 1.29 is 17.6 Å². The number of nitrogens with zero attached hydrogens (tertiary/aromatic N) is 1. The summed E-state index contributed by atoms with van der Waals surface area (Å²) in [4.78, 5) is 11.6. The summed E-state index contributed by atoms with van der Waals surface area (Å²) in [6.45, 7) is 0.0648. The van der Waals surface area contributed by atoms with Crippen LogP contribution in [0.1, 0.15) is 21.7 Å². The van der Waals surface area contributed by atoms with Crippen LogP contribution in [0.5, 0.6) is 0 Å². The van der Waals surface area contributed by atoms with Gasteiger partial charge in [-0.15, -0.1) is 0 Å². The zero-order valence-electron chi connectivity index (χ0n) is 15.4. The van der Waals surface area contributed by atoms with Crippen molar-refractivity contribution in [1.29, 1.82) is 0 Å². The lowest BCUT2D eigenvalue weighted by Gasteiger charge is -2.22. The molecular weight excluding hydrogens is 435 g/mol. The van der Waals surface area contributed by atoms with Crippen molar-refractivity contribution in [2.24, 2.45) is 0 Å². The van der Waals surface area contributed by atoms with Gasteiger partial charge in [-0.05, 0) is 48.0 Å². The number of benzene rings is 2. The molecule has 0 bridgehead atoms. The molecule has 3 rings (SSSR count). The fraction of sp³-hybridized carbons (Fsp3) is 0.150. The van der Waals surface area contributed by atoms with Crippen molar-refractivity contribution in [2.75, 3.05) is 7.05 Å². The average molecular weight is 453 g/mol. The molecule has 0 aliphatic rings. The molecule has 1 aromatic heterocycles. The number of nitrogens with one attached hydrogen (secondary N) is 1. The molecule has 1 amide bonds. The molecule has 0 aliphatic carbocycles. The number of hydrogen-bond donors (Lipinski definition) is 1. The molecule has 0 saturated carbocycles. The minimum atomic E-state index is -3.98. The standard InChI is InChI=1S/C20H18Cl2N2O4S/c1-23-20(25)15-6-4-14(5-7-15)12-24(13-17-3-2-10-28-17)29(26,27)19-11-16(21)8-9-18(19)22/h2-11H,12-13H2,1H3,(H,23,25). The van der Waals surface area contributed by atoms with E-state index in [0.29, 0.717) is 16.9 Å². The van der Waals surface area contributed by atoms with Crippen molar-refractivity contribution in [3.63, 3.8) is 0 Å². The second kappa shape index (κ2) is 9.00. The van der Waals surface area contributed by atoms with Gasteiger partial charge in [-0.25, -0.2) is 8.42 Å². The lowest BCUT2D eigenvalue weighted by atomic mass is 10.1. The van der Waals surface area contributed by atoms with Crippen LogP contribution in [-0.4, -0.2) is 25.7 Å². The van der Waals surface area contributed by atoms with Crippen LogP contribution >= 0.6 is 23.2 Å². The Labute approximate surface area is 179 Å². The zero-order valence-corrected chi connectivity index (χ0v) is 17.8. The van der Waals surface area contributed by atoms with Crippen LogP contribution in [0.3, 0.4) is 0 Å². The SMILES string of the molecule is CNC(=O)c1ccc(CN(Cc2ccco2)S(=O)(=O)c2cc(Cl)ccc2Cl)cc1. The van der Waals surface area contributed by atoms with Gasteiger partial charge in [-0.1, -0.05) is 35.3 Å². The number of hydrogen-bond acceptors (Lipinski definition) is 4. The highest BCUT2D eigenvalue weighted by atomic mass is 35.5. The zero-order chi connectivity index (χ0) is 21.0. The number of halogens is 2. The molecule has 1 heterocycles. The molecule has 0 fully saturated rings. The summed E-state index contributed by atoms with van der Waals surface area (Å²) >= 11 is 12.1. The maximum Gasteiger partial charge on any atom is 0.251 e. The Hall–Kier alpha value is -2.32. The van der Waals surface area contributed by atoms with Crippen LogP contribution < -0.4 is 5.32 Å². The Bertz CT molecular complexity index is 1100.